The normalized spacial score (nSPS) is 11.4. The summed E-state index contributed by atoms with van der Waals surface area (Å²) in [6.45, 7) is 8.69. The highest BCUT2D eigenvalue weighted by Crippen LogP contribution is 2.13. The van der Waals surface area contributed by atoms with Crippen molar-refractivity contribution in [3.8, 4) is 5.75 Å². The lowest BCUT2D eigenvalue weighted by molar-refractivity contribution is 0.153. The number of nitrogens with one attached hydrogen (secondary N) is 1. The summed E-state index contributed by atoms with van der Waals surface area (Å²) in [5.74, 6) is 0.816. The molecule has 1 N–H and O–H groups in total. The van der Waals surface area contributed by atoms with E-state index in [4.69, 9.17) is 4.74 Å². The highest BCUT2D eigenvalue weighted by atomic mass is 16.5. The number of amides is 2. The van der Waals surface area contributed by atoms with E-state index in [1.807, 2.05) is 58.0 Å². The second-order valence-corrected chi connectivity index (χ2v) is 5.47. The predicted octanol–water partition coefficient (Wildman–Crippen LogP) is 3.50. The molecule has 0 aliphatic carbocycles. The molecule has 0 fully saturated rings. The summed E-state index contributed by atoms with van der Waals surface area (Å²) >= 11 is 0. The van der Waals surface area contributed by atoms with Crippen molar-refractivity contribution in [2.45, 2.75) is 33.2 Å². The molecule has 20 heavy (non-hydrogen) atoms. The van der Waals surface area contributed by atoms with Gasteiger partial charge in [0.25, 0.3) is 0 Å². The van der Waals surface area contributed by atoms with Gasteiger partial charge in [0.1, 0.15) is 5.75 Å². The molecule has 4 heteroatoms. The maximum atomic E-state index is 12.1. The third-order valence-electron chi connectivity index (χ3n) is 2.97. The minimum Gasteiger partial charge on any atom is -0.497 e. The van der Waals surface area contributed by atoms with Crippen molar-refractivity contribution in [1.82, 2.24) is 10.2 Å². The van der Waals surface area contributed by atoms with E-state index < -0.39 is 0 Å². The fraction of sp³-hybridized carbons (Fsp3) is 0.438. The summed E-state index contributed by atoms with van der Waals surface area (Å²) in [6.07, 6.45) is 3.52. The molecule has 1 rings (SSSR count). The Labute approximate surface area is 121 Å². The zero-order valence-corrected chi connectivity index (χ0v) is 12.9. The zero-order chi connectivity index (χ0) is 15.2. The Kier molecular flexibility index (Phi) is 5.62. The quantitative estimate of drug-likeness (QED) is 0.914. The van der Waals surface area contributed by atoms with Gasteiger partial charge in [-0.3, -0.25) is 0 Å². The topological polar surface area (TPSA) is 41.6 Å². The number of hydrogen-bond acceptors (Lipinski definition) is 2. The highest BCUT2D eigenvalue weighted by Gasteiger charge is 2.23. The smallest absolute Gasteiger partial charge is 0.321 e. The van der Waals surface area contributed by atoms with Crippen LogP contribution >= 0.6 is 0 Å². The molecular formula is C16H24N2O2. The second kappa shape index (κ2) is 6.98. The van der Waals surface area contributed by atoms with Gasteiger partial charge in [0.15, 0.2) is 0 Å². The van der Waals surface area contributed by atoms with E-state index in [1.54, 1.807) is 18.2 Å². The first-order valence-electron chi connectivity index (χ1n) is 6.77. The van der Waals surface area contributed by atoms with Crippen LogP contribution in [0.3, 0.4) is 0 Å². The fourth-order valence-electron chi connectivity index (χ4n) is 1.92. The average molecular weight is 276 g/mol. The monoisotopic (exact) mass is 276 g/mol. The first kappa shape index (κ1) is 16.1. The summed E-state index contributed by atoms with van der Waals surface area (Å²) in [7, 11) is 1.64. The van der Waals surface area contributed by atoms with Crippen LogP contribution in [0.2, 0.25) is 0 Å². The molecule has 0 atom stereocenters. The van der Waals surface area contributed by atoms with Gasteiger partial charge in [-0.05, 0) is 51.5 Å². The number of urea groups is 1. The van der Waals surface area contributed by atoms with Crippen LogP contribution in [0.25, 0.3) is 6.08 Å². The highest BCUT2D eigenvalue weighted by molar-refractivity contribution is 5.76. The Bertz CT molecular complexity index is 458. The number of carbonyl (C=O) groups is 1. The molecule has 0 radical (unpaired) electrons. The fourth-order valence-corrected chi connectivity index (χ4v) is 1.92. The van der Waals surface area contributed by atoms with Crippen molar-refractivity contribution in [2.75, 3.05) is 13.7 Å². The molecule has 0 saturated heterocycles. The zero-order valence-electron chi connectivity index (χ0n) is 12.9. The summed E-state index contributed by atoms with van der Waals surface area (Å²) in [5, 5.41) is 2.79. The van der Waals surface area contributed by atoms with Gasteiger partial charge in [0.05, 0.1) is 7.11 Å². The maximum absolute atomic E-state index is 12.1. The van der Waals surface area contributed by atoms with E-state index in [0.717, 1.165) is 11.3 Å². The third kappa shape index (κ3) is 4.61. The van der Waals surface area contributed by atoms with Crippen molar-refractivity contribution in [2.24, 2.45) is 0 Å². The van der Waals surface area contributed by atoms with Crippen LogP contribution in [0.5, 0.6) is 5.75 Å². The van der Waals surface area contributed by atoms with E-state index in [9.17, 15) is 4.79 Å². The summed E-state index contributed by atoms with van der Waals surface area (Å²) in [4.78, 5) is 13.8. The van der Waals surface area contributed by atoms with Crippen LogP contribution in [-0.4, -0.2) is 30.1 Å². The summed E-state index contributed by atoms with van der Waals surface area (Å²) < 4.78 is 5.09. The molecular weight excluding hydrogens is 252 g/mol. The predicted molar refractivity (Wildman–Crippen MR) is 82.7 cm³/mol. The van der Waals surface area contributed by atoms with E-state index in [2.05, 4.69) is 5.32 Å². The number of benzene rings is 1. The van der Waals surface area contributed by atoms with Crippen molar-refractivity contribution in [1.29, 1.82) is 0 Å². The van der Waals surface area contributed by atoms with Gasteiger partial charge in [-0.25, -0.2) is 4.79 Å². The molecule has 0 aliphatic rings. The Balaban J connectivity index is 2.61. The largest absolute Gasteiger partial charge is 0.497 e. The number of hydrogen-bond donors (Lipinski definition) is 1. The Morgan fingerprint density at radius 3 is 2.35 bits per heavy atom. The molecule has 4 nitrogen and oxygen atoms in total. The number of methoxy groups -OCH3 is 1. The lowest BCUT2D eigenvalue weighted by Gasteiger charge is -2.34. The number of nitrogens with zero attached hydrogens (tertiary/aromatic N) is 1. The van der Waals surface area contributed by atoms with Gasteiger partial charge in [-0.1, -0.05) is 12.1 Å². The number of rotatable bonds is 4. The van der Waals surface area contributed by atoms with E-state index >= 15 is 0 Å². The molecule has 2 amide bonds. The summed E-state index contributed by atoms with van der Waals surface area (Å²) in [5.41, 5.74) is 0.817. The van der Waals surface area contributed by atoms with Crippen molar-refractivity contribution >= 4 is 12.1 Å². The maximum Gasteiger partial charge on any atom is 0.321 e. The van der Waals surface area contributed by atoms with E-state index in [0.29, 0.717) is 6.54 Å². The van der Waals surface area contributed by atoms with Crippen molar-refractivity contribution in [3.05, 3.63) is 36.0 Å². The molecule has 0 heterocycles. The molecule has 1 aromatic rings. The number of ether oxygens (including phenoxy) is 1. The van der Waals surface area contributed by atoms with Crippen LogP contribution in [0.1, 0.15) is 33.3 Å². The molecule has 0 bridgehead atoms. The lowest BCUT2D eigenvalue weighted by atomic mass is 10.1. The first-order chi connectivity index (χ1) is 9.38. The van der Waals surface area contributed by atoms with Gasteiger partial charge in [0, 0.05) is 18.3 Å². The second-order valence-electron chi connectivity index (χ2n) is 5.47. The molecule has 0 aliphatic heterocycles. The number of carbonyl (C=O) groups excluding carboxylic acids is 1. The minimum atomic E-state index is -0.188. The molecule has 0 unspecified atom stereocenters. The average Bonchev–Trinajstić information content (AvgIpc) is 2.38. The minimum absolute atomic E-state index is 0.0928. The van der Waals surface area contributed by atoms with Crippen LogP contribution in [0, 0.1) is 0 Å². The molecule has 110 valence electrons. The van der Waals surface area contributed by atoms with Gasteiger partial charge < -0.3 is 15.0 Å². The molecule has 0 saturated carbocycles. The van der Waals surface area contributed by atoms with E-state index in [-0.39, 0.29) is 11.6 Å². The molecule has 1 aromatic carbocycles. The summed E-state index contributed by atoms with van der Waals surface area (Å²) in [6, 6.07) is 7.54. The van der Waals surface area contributed by atoms with Crippen LogP contribution in [-0.2, 0) is 0 Å². The van der Waals surface area contributed by atoms with Gasteiger partial charge >= 0.3 is 6.03 Å². The van der Waals surface area contributed by atoms with E-state index in [1.165, 1.54) is 0 Å². The van der Waals surface area contributed by atoms with Crippen molar-refractivity contribution in [3.63, 3.8) is 0 Å². The standard InChI is InChI=1S/C16H24N2O2/c1-6-18(16(2,3)4)15(19)17-12-11-13-7-9-14(20-5)10-8-13/h7-12H,6H2,1-5H3,(H,17,19)/b12-11+. The molecule has 0 aromatic heterocycles. The van der Waals surface area contributed by atoms with Gasteiger partial charge in [-0.15, -0.1) is 0 Å². The SMILES string of the molecule is CCN(C(=O)N/C=C/c1ccc(OC)cc1)C(C)(C)C. The Hall–Kier alpha value is -1.97. The van der Waals surface area contributed by atoms with Gasteiger partial charge in [0.2, 0.25) is 0 Å². The van der Waals surface area contributed by atoms with Gasteiger partial charge in [-0.2, -0.15) is 0 Å². The van der Waals surface area contributed by atoms with Crippen LogP contribution in [0.15, 0.2) is 30.5 Å². The Morgan fingerprint density at radius 2 is 1.90 bits per heavy atom. The molecule has 0 spiro atoms. The van der Waals surface area contributed by atoms with Crippen molar-refractivity contribution < 1.29 is 9.53 Å². The Morgan fingerprint density at radius 1 is 1.30 bits per heavy atom. The van der Waals surface area contributed by atoms with Crippen LogP contribution < -0.4 is 10.1 Å². The van der Waals surface area contributed by atoms with Crippen LogP contribution in [0.4, 0.5) is 4.79 Å². The lowest BCUT2D eigenvalue weighted by Crippen LogP contribution is -2.48. The first-order valence-corrected chi connectivity index (χ1v) is 6.77. The third-order valence-corrected chi connectivity index (χ3v) is 2.97.